The SMILES string of the molecule is COc1ccc(Cl)cc1-c1c(N)noc1C1CCOCC1. The van der Waals surface area contributed by atoms with Crippen molar-refractivity contribution in [2.45, 2.75) is 18.8 Å². The Balaban J connectivity index is 2.09. The molecular weight excluding hydrogens is 292 g/mol. The zero-order chi connectivity index (χ0) is 14.8. The highest BCUT2D eigenvalue weighted by atomic mass is 35.5. The summed E-state index contributed by atoms with van der Waals surface area (Å²) in [6, 6.07) is 5.42. The molecule has 0 atom stereocenters. The highest BCUT2D eigenvalue weighted by Gasteiger charge is 2.27. The van der Waals surface area contributed by atoms with Crippen molar-refractivity contribution < 1.29 is 14.0 Å². The van der Waals surface area contributed by atoms with Crippen molar-refractivity contribution in [2.24, 2.45) is 0 Å². The Kier molecular flexibility index (Phi) is 4.03. The predicted octanol–water partition coefficient (Wildman–Crippen LogP) is 3.48. The molecule has 2 aromatic rings. The van der Waals surface area contributed by atoms with Crippen molar-refractivity contribution in [3.8, 4) is 16.9 Å². The minimum absolute atomic E-state index is 0.252. The molecule has 5 nitrogen and oxygen atoms in total. The van der Waals surface area contributed by atoms with Crippen LogP contribution < -0.4 is 10.5 Å². The van der Waals surface area contributed by atoms with Gasteiger partial charge in [0.2, 0.25) is 0 Å². The van der Waals surface area contributed by atoms with Gasteiger partial charge in [-0.1, -0.05) is 16.8 Å². The molecule has 112 valence electrons. The quantitative estimate of drug-likeness (QED) is 0.940. The number of rotatable bonds is 3. The summed E-state index contributed by atoms with van der Waals surface area (Å²) in [6.45, 7) is 1.44. The average molecular weight is 309 g/mol. The zero-order valence-electron chi connectivity index (χ0n) is 11.8. The molecule has 3 rings (SSSR count). The van der Waals surface area contributed by atoms with Gasteiger partial charge in [-0.25, -0.2) is 0 Å². The van der Waals surface area contributed by atoms with E-state index in [2.05, 4.69) is 5.16 Å². The first-order valence-electron chi connectivity index (χ1n) is 6.87. The summed E-state index contributed by atoms with van der Waals surface area (Å²) >= 11 is 6.11. The van der Waals surface area contributed by atoms with E-state index in [0.29, 0.717) is 16.6 Å². The molecule has 0 amide bonds. The van der Waals surface area contributed by atoms with Gasteiger partial charge in [0.05, 0.1) is 12.7 Å². The standard InChI is InChI=1S/C15H17ClN2O3/c1-19-12-3-2-10(16)8-11(12)13-14(21-18-15(13)17)9-4-6-20-7-5-9/h2-3,8-9H,4-7H2,1H3,(H2,17,18). The highest BCUT2D eigenvalue weighted by Crippen LogP contribution is 2.42. The van der Waals surface area contributed by atoms with Crippen LogP contribution in [0.5, 0.6) is 5.75 Å². The number of benzene rings is 1. The fraction of sp³-hybridized carbons (Fsp3) is 0.400. The first-order chi connectivity index (χ1) is 10.2. The Morgan fingerprint density at radius 1 is 1.33 bits per heavy atom. The first kappa shape index (κ1) is 14.2. The van der Waals surface area contributed by atoms with Crippen molar-refractivity contribution in [1.29, 1.82) is 0 Å². The summed E-state index contributed by atoms with van der Waals surface area (Å²) in [6.07, 6.45) is 1.79. The molecule has 0 unspecified atom stereocenters. The molecule has 2 heterocycles. The van der Waals surface area contributed by atoms with Crippen molar-refractivity contribution in [1.82, 2.24) is 5.16 Å². The van der Waals surface area contributed by atoms with Gasteiger partial charge in [-0.2, -0.15) is 0 Å². The van der Waals surface area contributed by atoms with E-state index in [4.69, 9.17) is 31.3 Å². The third-order valence-corrected chi connectivity index (χ3v) is 4.00. The number of nitrogens with zero attached hydrogens (tertiary/aromatic N) is 1. The van der Waals surface area contributed by atoms with Gasteiger partial charge in [0.25, 0.3) is 0 Å². The number of halogens is 1. The Labute approximate surface area is 128 Å². The maximum absolute atomic E-state index is 6.11. The van der Waals surface area contributed by atoms with Crippen LogP contribution in [-0.2, 0) is 4.74 Å². The number of nitrogen functional groups attached to an aromatic ring is 1. The highest BCUT2D eigenvalue weighted by molar-refractivity contribution is 6.31. The smallest absolute Gasteiger partial charge is 0.175 e. The molecule has 1 aliphatic rings. The van der Waals surface area contributed by atoms with Gasteiger partial charge in [-0.05, 0) is 31.0 Å². The van der Waals surface area contributed by atoms with E-state index in [1.807, 2.05) is 12.1 Å². The van der Waals surface area contributed by atoms with E-state index in [-0.39, 0.29) is 5.92 Å². The number of ether oxygens (including phenoxy) is 2. The molecule has 1 aromatic carbocycles. The third kappa shape index (κ3) is 2.71. The summed E-state index contributed by atoms with van der Waals surface area (Å²) in [5.74, 6) is 2.10. The molecule has 1 fully saturated rings. The van der Waals surface area contributed by atoms with Crippen LogP contribution in [-0.4, -0.2) is 25.5 Å². The van der Waals surface area contributed by atoms with E-state index < -0.39 is 0 Å². The van der Waals surface area contributed by atoms with Gasteiger partial charge in [-0.15, -0.1) is 0 Å². The second-order valence-corrected chi connectivity index (χ2v) is 5.47. The molecule has 1 aliphatic heterocycles. The van der Waals surface area contributed by atoms with E-state index in [1.54, 1.807) is 13.2 Å². The average Bonchev–Trinajstić information content (AvgIpc) is 2.89. The topological polar surface area (TPSA) is 70.5 Å². The van der Waals surface area contributed by atoms with Crippen LogP contribution in [0.2, 0.25) is 5.02 Å². The van der Waals surface area contributed by atoms with Crippen molar-refractivity contribution in [3.05, 3.63) is 29.0 Å². The van der Waals surface area contributed by atoms with E-state index in [1.165, 1.54) is 0 Å². The number of aromatic nitrogens is 1. The summed E-state index contributed by atoms with van der Waals surface area (Å²) in [4.78, 5) is 0. The molecule has 2 N–H and O–H groups in total. The van der Waals surface area contributed by atoms with Gasteiger partial charge in [-0.3, -0.25) is 0 Å². The van der Waals surface area contributed by atoms with Gasteiger partial charge in [0.1, 0.15) is 11.5 Å². The summed E-state index contributed by atoms with van der Waals surface area (Å²) in [7, 11) is 1.62. The number of methoxy groups -OCH3 is 1. The molecule has 1 aromatic heterocycles. The monoisotopic (exact) mass is 308 g/mol. The Bertz CT molecular complexity index is 636. The van der Waals surface area contributed by atoms with Crippen LogP contribution in [0.25, 0.3) is 11.1 Å². The van der Waals surface area contributed by atoms with Crippen LogP contribution in [0, 0.1) is 0 Å². The number of nitrogens with two attached hydrogens (primary N) is 1. The van der Waals surface area contributed by atoms with Crippen molar-refractivity contribution >= 4 is 17.4 Å². The van der Waals surface area contributed by atoms with Gasteiger partial charge < -0.3 is 19.7 Å². The molecule has 6 heteroatoms. The van der Waals surface area contributed by atoms with Crippen molar-refractivity contribution in [3.63, 3.8) is 0 Å². The maximum Gasteiger partial charge on any atom is 0.175 e. The largest absolute Gasteiger partial charge is 0.496 e. The normalized spacial score (nSPS) is 16.1. The second-order valence-electron chi connectivity index (χ2n) is 5.04. The lowest BCUT2D eigenvalue weighted by molar-refractivity contribution is 0.0792. The Morgan fingerprint density at radius 2 is 2.10 bits per heavy atom. The molecule has 0 spiro atoms. The predicted molar refractivity (Wildman–Crippen MR) is 80.7 cm³/mol. The van der Waals surface area contributed by atoms with Gasteiger partial charge in [0, 0.05) is 29.7 Å². The fourth-order valence-electron chi connectivity index (χ4n) is 2.70. The van der Waals surface area contributed by atoms with Crippen molar-refractivity contribution in [2.75, 3.05) is 26.1 Å². The Hall–Kier alpha value is -1.72. The lowest BCUT2D eigenvalue weighted by Crippen LogP contribution is -2.14. The first-order valence-corrected chi connectivity index (χ1v) is 7.25. The molecular formula is C15H17ClN2O3. The number of hydrogen-bond acceptors (Lipinski definition) is 5. The molecule has 0 saturated carbocycles. The lowest BCUT2D eigenvalue weighted by Gasteiger charge is -2.21. The van der Waals surface area contributed by atoms with Crippen LogP contribution >= 0.6 is 11.6 Å². The summed E-state index contributed by atoms with van der Waals surface area (Å²) < 4.78 is 16.3. The van der Waals surface area contributed by atoms with E-state index >= 15 is 0 Å². The minimum atomic E-state index is 0.252. The molecule has 0 aliphatic carbocycles. The summed E-state index contributed by atoms with van der Waals surface area (Å²) in [5, 5.41) is 4.55. The number of hydrogen-bond donors (Lipinski definition) is 1. The third-order valence-electron chi connectivity index (χ3n) is 3.77. The number of anilines is 1. The molecule has 1 saturated heterocycles. The fourth-order valence-corrected chi connectivity index (χ4v) is 2.87. The van der Waals surface area contributed by atoms with E-state index in [9.17, 15) is 0 Å². The second kappa shape index (κ2) is 5.95. The molecule has 0 bridgehead atoms. The summed E-state index contributed by atoms with van der Waals surface area (Å²) in [5.41, 5.74) is 7.61. The molecule has 21 heavy (non-hydrogen) atoms. The molecule has 0 radical (unpaired) electrons. The Morgan fingerprint density at radius 3 is 2.81 bits per heavy atom. The van der Waals surface area contributed by atoms with Crippen LogP contribution in [0.4, 0.5) is 5.82 Å². The minimum Gasteiger partial charge on any atom is -0.496 e. The lowest BCUT2D eigenvalue weighted by atomic mass is 9.91. The van der Waals surface area contributed by atoms with Crippen LogP contribution in [0.3, 0.4) is 0 Å². The van der Waals surface area contributed by atoms with Gasteiger partial charge in [0.15, 0.2) is 5.82 Å². The van der Waals surface area contributed by atoms with Crippen LogP contribution in [0.1, 0.15) is 24.5 Å². The van der Waals surface area contributed by atoms with E-state index in [0.717, 1.165) is 42.9 Å². The van der Waals surface area contributed by atoms with Gasteiger partial charge >= 0.3 is 0 Å². The maximum atomic E-state index is 6.11. The zero-order valence-corrected chi connectivity index (χ0v) is 12.5. The van der Waals surface area contributed by atoms with Crippen LogP contribution in [0.15, 0.2) is 22.7 Å².